The molecule has 0 saturated heterocycles. The summed E-state index contributed by atoms with van der Waals surface area (Å²) in [5.74, 6) is -0.887. The molecule has 0 aliphatic carbocycles. The van der Waals surface area contributed by atoms with E-state index >= 15 is 0 Å². The number of carbonyl (C=O) groups is 1. The van der Waals surface area contributed by atoms with E-state index in [1.54, 1.807) is 0 Å². The van der Waals surface area contributed by atoms with Crippen molar-refractivity contribution < 1.29 is 20.1 Å². The Morgan fingerprint density at radius 3 is 1.48 bits per heavy atom. The summed E-state index contributed by atoms with van der Waals surface area (Å²) in [6.07, 6.45) is 4.67. The van der Waals surface area contributed by atoms with Gasteiger partial charge in [-0.2, -0.15) is 0 Å². The van der Waals surface area contributed by atoms with Crippen LogP contribution in [0.15, 0.2) is 23.3 Å². The van der Waals surface area contributed by atoms with Crippen LogP contribution in [0.4, 0.5) is 0 Å². The van der Waals surface area contributed by atoms with Gasteiger partial charge in [0.25, 0.3) is 0 Å². The highest BCUT2D eigenvalue weighted by atomic mass is 16.3. The van der Waals surface area contributed by atoms with Crippen molar-refractivity contribution in [3.63, 3.8) is 0 Å². The van der Waals surface area contributed by atoms with Gasteiger partial charge in [0.15, 0.2) is 6.29 Å². The Morgan fingerprint density at radius 2 is 1.19 bits per heavy atom. The van der Waals surface area contributed by atoms with E-state index < -0.39 is 0 Å². The van der Waals surface area contributed by atoms with Gasteiger partial charge in [-0.15, -0.1) is 0 Å². The maximum Gasteiger partial charge on any atom is 0.157 e. The number of hydrogen-bond donors (Lipinski definition) is 3. The van der Waals surface area contributed by atoms with Gasteiger partial charge in [0, 0.05) is 11.1 Å². The molecule has 0 atom stereocenters. The first-order chi connectivity index (χ1) is 9.79. The normalized spacial score (nSPS) is 10.1. The summed E-state index contributed by atoms with van der Waals surface area (Å²) in [5, 5.41) is 30.4. The number of phenolic OH excluding ortho intramolecular Hbond substituents is 3. The van der Waals surface area contributed by atoms with Gasteiger partial charge in [0.2, 0.25) is 0 Å². The Hall–Kier alpha value is -2.23. The predicted octanol–water partition coefficient (Wildman–Crippen LogP) is 3.63. The standard InChI is InChI=1S/C17H22O4/c1-10(2)5-7-12-15(19)13(8-6-11(3)4)17(21)14(9-18)16(12)20/h5-6,9,19-21H,7-8H2,1-4H3. The molecular weight excluding hydrogens is 268 g/mol. The van der Waals surface area contributed by atoms with Crippen LogP contribution < -0.4 is 0 Å². The van der Waals surface area contributed by atoms with E-state index in [4.69, 9.17) is 0 Å². The van der Waals surface area contributed by atoms with Gasteiger partial charge < -0.3 is 15.3 Å². The minimum absolute atomic E-state index is 0.161. The molecule has 0 aliphatic heterocycles. The summed E-state index contributed by atoms with van der Waals surface area (Å²) in [6.45, 7) is 7.61. The Morgan fingerprint density at radius 1 is 0.810 bits per heavy atom. The van der Waals surface area contributed by atoms with E-state index in [9.17, 15) is 20.1 Å². The van der Waals surface area contributed by atoms with E-state index in [1.165, 1.54) is 0 Å². The lowest BCUT2D eigenvalue weighted by molar-refractivity contribution is 0.111. The third kappa shape index (κ3) is 3.88. The van der Waals surface area contributed by atoms with Gasteiger partial charge in [-0.05, 0) is 40.5 Å². The highest BCUT2D eigenvalue weighted by Crippen LogP contribution is 2.42. The van der Waals surface area contributed by atoms with Gasteiger partial charge in [-0.25, -0.2) is 0 Å². The Bertz CT molecular complexity index is 555. The first-order valence-corrected chi connectivity index (χ1v) is 6.80. The molecule has 1 aromatic rings. The molecule has 0 saturated carbocycles. The summed E-state index contributed by atoms with van der Waals surface area (Å²) in [6, 6.07) is 0. The quantitative estimate of drug-likeness (QED) is 0.571. The molecule has 0 bridgehead atoms. The van der Waals surface area contributed by atoms with Crippen LogP contribution in [0.2, 0.25) is 0 Å². The molecule has 0 aliphatic rings. The molecular formula is C17H22O4. The number of aldehydes is 1. The topological polar surface area (TPSA) is 77.8 Å². The van der Waals surface area contributed by atoms with Crippen LogP contribution in [0.5, 0.6) is 17.2 Å². The second-order valence-corrected chi connectivity index (χ2v) is 5.51. The van der Waals surface area contributed by atoms with Gasteiger partial charge in [-0.1, -0.05) is 23.3 Å². The van der Waals surface area contributed by atoms with Crippen LogP contribution in [0, 0.1) is 0 Å². The third-order valence-electron chi connectivity index (χ3n) is 3.20. The first-order valence-electron chi connectivity index (χ1n) is 6.80. The number of aromatic hydroxyl groups is 3. The van der Waals surface area contributed by atoms with Gasteiger partial charge in [0.05, 0.1) is 5.56 Å². The maximum atomic E-state index is 11.1. The van der Waals surface area contributed by atoms with Crippen LogP contribution in [-0.4, -0.2) is 21.6 Å². The third-order valence-corrected chi connectivity index (χ3v) is 3.20. The summed E-state index contributed by atoms with van der Waals surface area (Å²) in [7, 11) is 0. The summed E-state index contributed by atoms with van der Waals surface area (Å²) in [4.78, 5) is 11.1. The lowest BCUT2D eigenvalue weighted by atomic mass is 9.96. The predicted molar refractivity (Wildman–Crippen MR) is 83.1 cm³/mol. The maximum absolute atomic E-state index is 11.1. The summed E-state index contributed by atoms with van der Waals surface area (Å²) < 4.78 is 0. The number of carbonyl (C=O) groups excluding carboxylic acids is 1. The Balaban J connectivity index is 3.50. The van der Waals surface area contributed by atoms with Crippen molar-refractivity contribution in [1.29, 1.82) is 0 Å². The smallest absolute Gasteiger partial charge is 0.157 e. The molecule has 0 spiro atoms. The highest BCUT2D eigenvalue weighted by molar-refractivity contribution is 5.86. The van der Waals surface area contributed by atoms with Gasteiger partial charge >= 0.3 is 0 Å². The number of hydrogen-bond acceptors (Lipinski definition) is 4. The summed E-state index contributed by atoms with van der Waals surface area (Å²) >= 11 is 0. The van der Waals surface area contributed by atoms with E-state index in [0.29, 0.717) is 19.1 Å². The molecule has 4 nitrogen and oxygen atoms in total. The molecule has 4 heteroatoms. The molecule has 21 heavy (non-hydrogen) atoms. The van der Waals surface area contributed by atoms with Crippen molar-refractivity contribution in [2.45, 2.75) is 40.5 Å². The van der Waals surface area contributed by atoms with Crippen molar-refractivity contribution >= 4 is 6.29 Å². The zero-order valence-corrected chi connectivity index (χ0v) is 12.9. The Labute approximate surface area is 125 Å². The van der Waals surface area contributed by atoms with Crippen LogP contribution >= 0.6 is 0 Å². The molecule has 0 unspecified atom stereocenters. The zero-order chi connectivity index (χ0) is 16.2. The number of benzene rings is 1. The SMILES string of the molecule is CC(C)=CCc1c(O)c(C=O)c(O)c(CC=C(C)C)c1O. The first kappa shape index (κ1) is 16.8. The van der Waals surface area contributed by atoms with Crippen molar-refractivity contribution in [1.82, 2.24) is 0 Å². The molecule has 0 radical (unpaired) electrons. The molecule has 3 N–H and O–H groups in total. The van der Waals surface area contributed by atoms with Crippen molar-refractivity contribution in [2.75, 3.05) is 0 Å². The molecule has 0 fully saturated rings. The van der Waals surface area contributed by atoms with E-state index in [0.717, 1.165) is 11.1 Å². The lowest BCUT2D eigenvalue weighted by Gasteiger charge is -2.14. The molecule has 0 aromatic heterocycles. The van der Waals surface area contributed by atoms with E-state index in [-0.39, 0.29) is 33.9 Å². The fourth-order valence-corrected chi connectivity index (χ4v) is 1.95. The van der Waals surface area contributed by atoms with E-state index in [1.807, 2.05) is 39.8 Å². The zero-order valence-electron chi connectivity index (χ0n) is 12.9. The second kappa shape index (κ2) is 6.97. The molecule has 1 aromatic carbocycles. The second-order valence-electron chi connectivity index (χ2n) is 5.51. The van der Waals surface area contributed by atoms with Gasteiger partial charge in [0.1, 0.15) is 17.2 Å². The molecule has 0 amide bonds. The number of rotatable bonds is 5. The molecule has 1 rings (SSSR count). The van der Waals surface area contributed by atoms with E-state index in [2.05, 4.69) is 0 Å². The fraction of sp³-hybridized carbons (Fsp3) is 0.353. The minimum Gasteiger partial charge on any atom is -0.507 e. The average molecular weight is 290 g/mol. The molecule has 114 valence electrons. The monoisotopic (exact) mass is 290 g/mol. The largest absolute Gasteiger partial charge is 0.507 e. The highest BCUT2D eigenvalue weighted by Gasteiger charge is 2.21. The summed E-state index contributed by atoms with van der Waals surface area (Å²) in [5.41, 5.74) is 2.39. The van der Waals surface area contributed by atoms with Crippen molar-refractivity contribution in [3.8, 4) is 17.2 Å². The van der Waals surface area contributed by atoms with Crippen LogP contribution in [0.1, 0.15) is 49.2 Å². The number of allylic oxidation sites excluding steroid dienone is 4. The van der Waals surface area contributed by atoms with Crippen molar-refractivity contribution in [2.24, 2.45) is 0 Å². The van der Waals surface area contributed by atoms with Crippen LogP contribution in [0.3, 0.4) is 0 Å². The van der Waals surface area contributed by atoms with Crippen molar-refractivity contribution in [3.05, 3.63) is 40.0 Å². The average Bonchev–Trinajstić information content (AvgIpc) is 2.38. The number of phenols is 3. The van der Waals surface area contributed by atoms with Gasteiger partial charge in [-0.3, -0.25) is 4.79 Å². The van der Waals surface area contributed by atoms with Crippen LogP contribution in [0.25, 0.3) is 0 Å². The Kier molecular flexibility index (Phi) is 5.59. The van der Waals surface area contributed by atoms with Crippen LogP contribution in [-0.2, 0) is 12.8 Å². The fourth-order valence-electron chi connectivity index (χ4n) is 1.95. The minimum atomic E-state index is -0.363. The molecule has 0 heterocycles. The lowest BCUT2D eigenvalue weighted by Crippen LogP contribution is -1.97.